The van der Waals surface area contributed by atoms with Crippen LogP contribution < -0.4 is 10.5 Å². The van der Waals surface area contributed by atoms with Gasteiger partial charge in [-0.25, -0.2) is 0 Å². The Morgan fingerprint density at radius 3 is 2.71 bits per heavy atom. The molecule has 17 heavy (non-hydrogen) atoms. The lowest BCUT2D eigenvalue weighted by Gasteiger charge is -1.99. The van der Waals surface area contributed by atoms with Gasteiger partial charge < -0.3 is 5.73 Å². The molecule has 0 aliphatic carbocycles. The molecule has 2 radical (unpaired) electrons. The molecule has 2 N–H and O–H groups in total. The number of nitrogens with two attached hydrogens (primary N) is 1. The third-order valence-electron chi connectivity index (χ3n) is 2.15. The van der Waals surface area contributed by atoms with Gasteiger partial charge in [0.05, 0.1) is 11.3 Å². The van der Waals surface area contributed by atoms with E-state index in [4.69, 9.17) is 13.6 Å². The summed E-state index contributed by atoms with van der Waals surface area (Å²) < 4.78 is 0.731. The number of hydrogen-bond donors (Lipinski definition) is 1. The predicted octanol–water partition coefficient (Wildman–Crippen LogP) is 1.39. The summed E-state index contributed by atoms with van der Waals surface area (Å²) in [5, 5.41) is 0. The molecule has 82 valence electrons. The number of amides is 1. The maximum atomic E-state index is 11.2. The normalized spacial score (nSPS) is 10.8. The van der Waals surface area contributed by atoms with Gasteiger partial charge in [-0.2, -0.15) is 11.3 Å². The molecule has 0 aliphatic heterocycles. The molecule has 2 rings (SSSR count). The average molecular weight is 240 g/mol. The lowest BCUT2D eigenvalue weighted by Crippen LogP contribution is -2.10. The Kier molecular flexibility index (Phi) is 3.39. The Balaban J connectivity index is 2.30. The Hall–Kier alpha value is -1.88. The van der Waals surface area contributed by atoms with Crippen LogP contribution in [-0.4, -0.2) is 20.0 Å². The molecule has 5 heteroatoms. The van der Waals surface area contributed by atoms with E-state index in [0.717, 1.165) is 9.65 Å². The molecule has 1 aromatic carbocycles. The SMILES string of the molecule is [B]c1ccc(C=Nc2ccccc2C(N)=O)s1. The van der Waals surface area contributed by atoms with Gasteiger partial charge in [0, 0.05) is 11.1 Å². The van der Waals surface area contributed by atoms with Crippen molar-refractivity contribution in [1.29, 1.82) is 0 Å². The first-order valence-corrected chi connectivity index (χ1v) is 5.76. The van der Waals surface area contributed by atoms with Gasteiger partial charge in [-0.1, -0.05) is 18.2 Å². The zero-order chi connectivity index (χ0) is 12.3. The molecule has 2 aromatic rings. The molecular weight excluding hydrogens is 231 g/mol. The minimum atomic E-state index is -0.483. The van der Waals surface area contributed by atoms with Gasteiger partial charge >= 0.3 is 0 Å². The Morgan fingerprint density at radius 2 is 2.06 bits per heavy atom. The number of thiophene rings is 1. The molecule has 0 saturated carbocycles. The first kappa shape index (κ1) is 11.6. The van der Waals surface area contributed by atoms with Crippen LogP contribution in [0.25, 0.3) is 0 Å². The summed E-state index contributed by atoms with van der Waals surface area (Å²) in [7, 11) is 5.61. The van der Waals surface area contributed by atoms with Crippen LogP contribution in [0.1, 0.15) is 15.2 Å². The predicted molar refractivity (Wildman–Crippen MR) is 71.9 cm³/mol. The number of benzene rings is 1. The van der Waals surface area contributed by atoms with Crippen LogP contribution in [0.5, 0.6) is 0 Å². The molecule has 0 aliphatic rings. The molecule has 1 amide bonds. The lowest BCUT2D eigenvalue weighted by atomic mass is 10.1. The monoisotopic (exact) mass is 240 g/mol. The van der Waals surface area contributed by atoms with Gasteiger partial charge in [-0.3, -0.25) is 9.79 Å². The number of hydrogen-bond acceptors (Lipinski definition) is 3. The fourth-order valence-corrected chi connectivity index (χ4v) is 2.02. The first-order valence-electron chi connectivity index (χ1n) is 4.95. The van der Waals surface area contributed by atoms with Gasteiger partial charge in [0.25, 0.3) is 5.91 Å². The summed E-state index contributed by atoms with van der Waals surface area (Å²) in [5.74, 6) is -0.483. The fourth-order valence-electron chi connectivity index (χ4n) is 1.37. The van der Waals surface area contributed by atoms with Gasteiger partial charge in [-0.15, -0.1) is 0 Å². The lowest BCUT2D eigenvalue weighted by molar-refractivity contribution is 0.100. The van der Waals surface area contributed by atoms with E-state index in [-0.39, 0.29) is 0 Å². The average Bonchev–Trinajstić information content (AvgIpc) is 2.73. The highest BCUT2D eigenvalue weighted by Crippen LogP contribution is 2.18. The van der Waals surface area contributed by atoms with Crippen molar-refractivity contribution in [3.63, 3.8) is 0 Å². The number of aliphatic imine (C=N–C) groups is 1. The maximum absolute atomic E-state index is 11.2. The maximum Gasteiger partial charge on any atom is 0.250 e. The third-order valence-corrected chi connectivity index (χ3v) is 3.00. The molecular formula is C12H9BN2OS. The Morgan fingerprint density at radius 1 is 1.29 bits per heavy atom. The van der Waals surface area contributed by atoms with E-state index in [1.165, 1.54) is 11.3 Å². The molecule has 0 unspecified atom stereocenters. The summed E-state index contributed by atoms with van der Waals surface area (Å²) in [4.78, 5) is 16.3. The summed E-state index contributed by atoms with van der Waals surface area (Å²) in [6, 6.07) is 10.6. The van der Waals surface area contributed by atoms with Crippen molar-refractivity contribution in [1.82, 2.24) is 0 Å². The highest BCUT2D eigenvalue weighted by Gasteiger charge is 2.05. The molecule has 1 heterocycles. The van der Waals surface area contributed by atoms with Gasteiger partial charge in [0.2, 0.25) is 0 Å². The number of carbonyl (C=O) groups is 1. The van der Waals surface area contributed by atoms with Gasteiger partial charge in [-0.05, 0) is 23.0 Å². The second kappa shape index (κ2) is 4.97. The fraction of sp³-hybridized carbons (Fsp3) is 0. The molecule has 0 saturated heterocycles. The van der Waals surface area contributed by atoms with E-state index in [1.54, 1.807) is 24.4 Å². The van der Waals surface area contributed by atoms with Crippen molar-refractivity contribution in [2.45, 2.75) is 0 Å². The minimum Gasteiger partial charge on any atom is -0.366 e. The Labute approximate surface area is 104 Å². The van der Waals surface area contributed by atoms with E-state index >= 15 is 0 Å². The second-order valence-electron chi connectivity index (χ2n) is 3.38. The van der Waals surface area contributed by atoms with Crippen LogP contribution in [0.2, 0.25) is 0 Å². The summed E-state index contributed by atoms with van der Waals surface area (Å²) >= 11 is 1.43. The molecule has 3 nitrogen and oxygen atoms in total. The highest BCUT2D eigenvalue weighted by molar-refractivity contribution is 7.21. The van der Waals surface area contributed by atoms with E-state index < -0.39 is 5.91 Å². The van der Waals surface area contributed by atoms with Crippen molar-refractivity contribution >= 4 is 41.8 Å². The summed E-state index contributed by atoms with van der Waals surface area (Å²) in [6.07, 6.45) is 1.67. The van der Waals surface area contributed by atoms with Crippen LogP contribution in [0.3, 0.4) is 0 Å². The quantitative estimate of drug-likeness (QED) is 0.639. The van der Waals surface area contributed by atoms with Crippen LogP contribution in [0, 0.1) is 0 Å². The van der Waals surface area contributed by atoms with E-state index in [0.29, 0.717) is 11.3 Å². The van der Waals surface area contributed by atoms with E-state index in [2.05, 4.69) is 4.99 Å². The zero-order valence-corrected chi connectivity index (χ0v) is 9.78. The minimum absolute atomic E-state index is 0.410. The summed E-state index contributed by atoms with van der Waals surface area (Å²) in [6.45, 7) is 0. The van der Waals surface area contributed by atoms with Crippen molar-refractivity contribution < 1.29 is 4.79 Å². The zero-order valence-electron chi connectivity index (χ0n) is 8.96. The molecule has 0 spiro atoms. The van der Waals surface area contributed by atoms with Crippen molar-refractivity contribution in [3.05, 3.63) is 46.8 Å². The van der Waals surface area contributed by atoms with Crippen molar-refractivity contribution in [2.75, 3.05) is 0 Å². The van der Waals surface area contributed by atoms with E-state index in [1.807, 2.05) is 18.2 Å². The van der Waals surface area contributed by atoms with Gasteiger partial charge in [0.15, 0.2) is 0 Å². The number of primary amides is 1. The van der Waals surface area contributed by atoms with Crippen molar-refractivity contribution in [3.8, 4) is 0 Å². The molecule has 0 atom stereocenters. The van der Waals surface area contributed by atoms with Gasteiger partial charge in [0.1, 0.15) is 7.85 Å². The molecule has 0 fully saturated rings. The van der Waals surface area contributed by atoms with Crippen molar-refractivity contribution in [2.24, 2.45) is 10.7 Å². The van der Waals surface area contributed by atoms with Crippen LogP contribution in [-0.2, 0) is 0 Å². The summed E-state index contributed by atoms with van der Waals surface area (Å²) in [5.41, 5.74) is 6.23. The van der Waals surface area contributed by atoms with Crippen LogP contribution >= 0.6 is 11.3 Å². The standard InChI is InChI=1S/C12H9BN2OS/c13-11-6-5-8(17-11)7-15-10-4-2-1-3-9(10)12(14)16/h1-7H,(H2,14,16). The topological polar surface area (TPSA) is 55.4 Å². The number of rotatable bonds is 3. The largest absolute Gasteiger partial charge is 0.366 e. The van der Waals surface area contributed by atoms with Crippen LogP contribution in [0.15, 0.2) is 41.4 Å². The van der Waals surface area contributed by atoms with Crippen LogP contribution in [0.4, 0.5) is 5.69 Å². The number of para-hydroxylation sites is 1. The Bertz CT molecular complexity index is 577. The molecule has 1 aromatic heterocycles. The smallest absolute Gasteiger partial charge is 0.250 e. The third kappa shape index (κ3) is 2.82. The second-order valence-corrected chi connectivity index (χ2v) is 4.53. The number of nitrogens with zero attached hydrogens (tertiary/aromatic N) is 1. The first-order chi connectivity index (χ1) is 8.16. The highest BCUT2D eigenvalue weighted by atomic mass is 32.1. The van der Waals surface area contributed by atoms with E-state index in [9.17, 15) is 4.79 Å². The number of carbonyl (C=O) groups excluding carboxylic acids is 1. The molecule has 0 bridgehead atoms.